The van der Waals surface area contributed by atoms with E-state index in [0.29, 0.717) is 12.3 Å². The molecule has 0 atom stereocenters. The third-order valence-electron chi connectivity index (χ3n) is 3.32. The van der Waals surface area contributed by atoms with E-state index in [9.17, 15) is 5.11 Å². The Morgan fingerprint density at radius 2 is 2.10 bits per heavy atom. The van der Waals surface area contributed by atoms with Crippen molar-refractivity contribution in [3.63, 3.8) is 0 Å². The number of ether oxygens (including phenoxy) is 2. The molecule has 0 spiro atoms. The third-order valence-corrected chi connectivity index (χ3v) is 3.32. The Morgan fingerprint density at radius 3 is 2.85 bits per heavy atom. The van der Waals surface area contributed by atoms with E-state index in [0.717, 1.165) is 45.0 Å². The Morgan fingerprint density at radius 1 is 1.30 bits per heavy atom. The molecule has 1 aromatic rings. The lowest BCUT2D eigenvalue weighted by molar-refractivity contribution is 0.0380. The van der Waals surface area contributed by atoms with E-state index in [1.165, 1.54) is 0 Å². The van der Waals surface area contributed by atoms with Crippen LogP contribution in [0.5, 0.6) is 11.5 Å². The average Bonchev–Trinajstić information content (AvgIpc) is 2.49. The highest BCUT2D eigenvalue weighted by atomic mass is 16.5. The molecule has 0 amide bonds. The van der Waals surface area contributed by atoms with Crippen LogP contribution in [-0.2, 0) is 11.3 Å². The molecule has 20 heavy (non-hydrogen) atoms. The summed E-state index contributed by atoms with van der Waals surface area (Å²) in [4.78, 5) is 2.38. The summed E-state index contributed by atoms with van der Waals surface area (Å²) in [6.45, 7) is 6.26. The quantitative estimate of drug-likeness (QED) is 0.494. The van der Waals surface area contributed by atoms with E-state index in [2.05, 4.69) is 15.8 Å². The van der Waals surface area contributed by atoms with Gasteiger partial charge in [-0.2, -0.15) is 0 Å². The molecule has 0 radical (unpaired) electrons. The molecule has 1 saturated heterocycles. The highest BCUT2D eigenvalue weighted by Gasteiger charge is 2.08. The molecule has 0 aliphatic carbocycles. The van der Waals surface area contributed by atoms with Gasteiger partial charge in [0.05, 0.1) is 20.3 Å². The maximum atomic E-state index is 9.51. The van der Waals surface area contributed by atoms with E-state index < -0.39 is 0 Å². The predicted molar refractivity (Wildman–Crippen MR) is 76.8 cm³/mol. The summed E-state index contributed by atoms with van der Waals surface area (Å²) in [7, 11) is 1.55. The van der Waals surface area contributed by atoms with Crippen LogP contribution in [0.3, 0.4) is 0 Å². The van der Waals surface area contributed by atoms with Gasteiger partial charge in [-0.15, -0.1) is 0 Å². The molecule has 1 aliphatic heterocycles. The van der Waals surface area contributed by atoms with Crippen molar-refractivity contribution >= 4 is 0 Å². The number of nitrogens with zero attached hydrogens (tertiary/aromatic N) is 1. The first kappa shape index (κ1) is 15.1. The molecule has 6 heteroatoms. The summed E-state index contributed by atoms with van der Waals surface area (Å²) in [5.41, 5.74) is 7.42. The summed E-state index contributed by atoms with van der Waals surface area (Å²) in [5, 5.41) is 9.51. The number of methoxy groups -OCH3 is 1. The number of nitrogens with one attached hydrogen (secondary N) is 2. The minimum atomic E-state index is 0.163. The van der Waals surface area contributed by atoms with Gasteiger partial charge in [0.2, 0.25) is 0 Å². The first-order chi connectivity index (χ1) is 9.79. The van der Waals surface area contributed by atoms with Crippen LogP contribution >= 0.6 is 0 Å². The van der Waals surface area contributed by atoms with Gasteiger partial charge in [-0.25, -0.2) is 0 Å². The number of phenols is 1. The maximum absolute atomic E-state index is 9.51. The van der Waals surface area contributed by atoms with Gasteiger partial charge in [0.1, 0.15) is 0 Å². The molecule has 1 heterocycles. The van der Waals surface area contributed by atoms with E-state index in [-0.39, 0.29) is 5.75 Å². The van der Waals surface area contributed by atoms with Crippen molar-refractivity contribution < 1.29 is 14.6 Å². The number of morpholine rings is 1. The van der Waals surface area contributed by atoms with E-state index in [1.54, 1.807) is 13.2 Å². The molecule has 0 saturated carbocycles. The standard InChI is InChI=1S/C14H23N3O3/c1-19-14-10-12(2-3-13(14)18)11-16-15-4-5-17-6-8-20-9-7-17/h2-3,10,15-16,18H,4-9,11H2,1H3. The SMILES string of the molecule is COc1cc(CNNCCN2CCOCC2)ccc1O. The van der Waals surface area contributed by atoms with Gasteiger partial charge in [-0.05, 0) is 17.7 Å². The van der Waals surface area contributed by atoms with Crippen molar-refractivity contribution in [2.75, 3.05) is 46.5 Å². The van der Waals surface area contributed by atoms with E-state index >= 15 is 0 Å². The van der Waals surface area contributed by atoms with Crippen LogP contribution in [0.15, 0.2) is 18.2 Å². The Labute approximate surface area is 119 Å². The average molecular weight is 281 g/mol. The zero-order valence-corrected chi connectivity index (χ0v) is 11.9. The molecule has 3 N–H and O–H groups in total. The lowest BCUT2D eigenvalue weighted by Crippen LogP contribution is -2.43. The van der Waals surface area contributed by atoms with Crippen LogP contribution < -0.4 is 15.6 Å². The van der Waals surface area contributed by atoms with Crippen molar-refractivity contribution in [1.82, 2.24) is 15.8 Å². The summed E-state index contributed by atoms with van der Waals surface area (Å²) in [5.74, 6) is 0.661. The second-order valence-electron chi connectivity index (χ2n) is 4.74. The monoisotopic (exact) mass is 281 g/mol. The first-order valence-electron chi connectivity index (χ1n) is 6.91. The zero-order chi connectivity index (χ0) is 14.2. The van der Waals surface area contributed by atoms with Gasteiger partial charge >= 0.3 is 0 Å². The van der Waals surface area contributed by atoms with E-state index in [1.807, 2.05) is 12.1 Å². The Bertz CT molecular complexity index is 409. The number of benzene rings is 1. The first-order valence-corrected chi connectivity index (χ1v) is 6.91. The van der Waals surface area contributed by atoms with Crippen molar-refractivity contribution in [3.05, 3.63) is 23.8 Å². The van der Waals surface area contributed by atoms with Crippen LogP contribution in [0.25, 0.3) is 0 Å². The van der Waals surface area contributed by atoms with E-state index in [4.69, 9.17) is 9.47 Å². The Hall–Kier alpha value is -1.34. The van der Waals surface area contributed by atoms with Crippen LogP contribution in [0.1, 0.15) is 5.56 Å². The van der Waals surface area contributed by atoms with Crippen LogP contribution in [0.4, 0.5) is 0 Å². The lowest BCUT2D eigenvalue weighted by atomic mass is 10.2. The van der Waals surface area contributed by atoms with Crippen molar-refractivity contribution in [2.24, 2.45) is 0 Å². The highest BCUT2D eigenvalue weighted by molar-refractivity contribution is 5.41. The molecule has 0 aromatic heterocycles. The fourth-order valence-electron chi connectivity index (χ4n) is 2.12. The fourth-order valence-corrected chi connectivity index (χ4v) is 2.12. The highest BCUT2D eigenvalue weighted by Crippen LogP contribution is 2.25. The minimum Gasteiger partial charge on any atom is -0.504 e. The molecule has 112 valence electrons. The molecule has 1 fully saturated rings. The second kappa shape index (κ2) is 8.06. The summed E-state index contributed by atoms with van der Waals surface area (Å²) in [6, 6.07) is 5.34. The number of hydrogen-bond donors (Lipinski definition) is 3. The largest absolute Gasteiger partial charge is 0.504 e. The van der Waals surface area contributed by atoms with Crippen LogP contribution in [0, 0.1) is 0 Å². The second-order valence-corrected chi connectivity index (χ2v) is 4.74. The number of hydrazine groups is 1. The van der Waals surface area contributed by atoms with Gasteiger partial charge in [0.15, 0.2) is 11.5 Å². The van der Waals surface area contributed by atoms with Gasteiger partial charge in [-0.1, -0.05) is 6.07 Å². The van der Waals surface area contributed by atoms with Gasteiger partial charge in [0.25, 0.3) is 0 Å². The smallest absolute Gasteiger partial charge is 0.160 e. The zero-order valence-electron chi connectivity index (χ0n) is 11.9. The number of aromatic hydroxyl groups is 1. The minimum absolute atomic E-state index is 0.163. The molecule has 1 aromatic carbocycles. The van der Waals surface area contributed by atoms with Gasteiger partial charge in [0, 0.05) is 32.7 Å². The summed E-state index contributed by atoms with van der Waals surface area (Å²) in [6.07, 6.45) is 0. The molecular formula is C14H23N3O3. The van der Waals surface area contributed by atoms with Crippen LogP contribution in [-0.4, -0.2) is 56.5 Å². The molecule has 0 unspecified atom stereocenters. The molecule has 1 aliphatic rings. The summed E-state index contributed by atoms with van der Waals surface area (Å²) < 4.78 is 10.4. The van der Waals surface area contributed by atoms with Crippen molar-refractivity contribution in [2.45, 2.75) is 6.54 Å². The lowest BCUT2D eigenvalue weighted by Gasteiger charge is -2.26. The summed E-state index contributed by atoms with van der Waals surface area (Å²) >= 11 is 0. The number of hydrogen-bond acceptors (Lipinski definition) is 6. The Balaban J connectivity index is 1.63. The van der Waals surface area contributed by atoms with Crippen molar-refractivity contribution in [3.8, 4) is 11.5 Å². The predicted octanol–water partition coefficient (Wildman–Crippen LogP) is 0.327. The normalized spacial score (nSPS) is 16.2. The van der Waals surface area contributed by atoms with Gasteiger partial charge in [-0.3, -0.25) is 15.8 Å². The molecule has 6 nitrogen and oxygen atoms in total. The molecular weight excluding hydrogens is 258 g/mol. The third kappa shape index (κ3) is 4.64. The Kier molecular flexibility index (Phi) is 6.07. The number of phenolic OH excluding ortho intramolecular Hbond substituents is 1. The van der Waals surface area contributed by atoms with Crippen molar-refractivity contribution in [1.29, 1.82) is 0 Å². The number of rotatable bonds is 7. The fraction of sp³-hybridized carbons (Fsp3) is 0.571. The molecule has 2 rings (SSSR count). The molecule has 0 bridgehead atoms. The van der Waals surface area contributed by atoms with Crippen LogP contribution in [0.2, 0.25) is 0 Å². The maximum Gasteiger partial charge on any atom is 0.160 e. The topological polar surface area (TPSA) is 66.0 Å². The van der Waals surface area contributed by atoms with Gasteiger partial charge < -0.3 is 14.6 Å².